The maximum atomic E-state index is 12.7. The van der Waals surface area contributed by atoms with Crippen molar-refractivity contribution in [3.63, 3.8) is 0 Å². The molecule has 0 fully saturated rings. The van der Waals surface area contributed by atoms with Crippen molar-refractivity contribution in [1.82, 2.24) is 0 Å². The minimum Gasteiger partial charge on any atom is -0.505 e. The van der Waals surface area contributed by atoms with Gasteiger partial charge in [0.25, 0.3) is 0 Å². The van der Waals surface area contributed by atoms with Crippen LogP contribution >= 0.6 is 0 Å². The summed E-state index contributed by atoms with van der Waals surface area (Å²) in [6.07, 6.45) is -0.210. The van der Waals surface area contributed by atoms with Crippen molar-refractivity contribution in [2.75, 3.05) is 0 Å². The molecule has 0 aromatic heterocycles. The van der Waals surface area contributed by atoms with Gasteiger partial charge >= 0.3 is 0 Å². The zero-order valence-corrected chi connectivity index (χ0v) is 6.67. The second kappa shape index (κ2) is 3.53. The van der Waals surface area contributed by atoms with Gasteiger partial charge in [0, 0.05) is 11.6 Å². The number of hydrogen-bond donors (Lipinski definition) is 2. The molecule has 2 nitrogen and oxygen atoms in total. The Morgan fingerprint density at radius 1 is 1.38 bits per heavy atom. The number of phenolic OH excluding ortho intramolecular Hbond substituents is 1. The molecular weight excluding hydrogens is 178 g/mol. The summed E-state index contributed by atoms with van der Waals surface area (Å²) >= 11 is 0. The summed E-state index contributed by atoms with van der Waals surface area (Å²) in [6.45, 7) is 3.23. The zero-order valence-electron chi connectivity index (χ0n) is 6.67. The Bertz CT molecular complexity index is 337. The first-order valence-corrected chi connectivity index (χ1v) is 3.54. The van der Waals surface area contributed by atoms with Gasteiger partial charge in [-0.25, -0.2) is 8.78 Å². The molecule has 0 spiro atoms. The second-order valence-electron chi connectivity index (χ2n) is 2.51. The Morgan fingerprint density at radius 2 is 2.00 bits per heavy atom. The molecule has 4 heteroatoms. The Balaban J connectivity index is 3.27. The molecule has 0 saturated heterocycles. The van der Waals surface area contributed by atoms with Gasteiger partial charge in [-0.2, -0.15) is 0 Å². The average molecular weight is 186 g/mol. The summed E-state index contributed by atoms with van der Waals surface area (Å²) < 4.78 is 25.3. The van der Waals surface area contributed by atoms with E-state index in [1.165, 1.54) is 0 Å². The van der Waals surface area contributed by atoms with E-state index in [0.29, 0.717) is 6.07 Å². The highest BCUT2D eigenvalue weighted by Gasteiger charge is 2.14. The lowest BCUT2D eigenvalue weighted by atomic mass is 10.1. The topological polar surface area (TPSA) is 40.5 Å². The maximum Gasteiger partial charge on any atom is 0.168 e. The van der Waals surface area contributed by atoms with Crippen molar-refractivity contribution < 1.29 is 19.0 Å². The quantitative estimate of drug-likeness (QED) is 0.692. The number of phenols is 1. The first-order chi connectivity index (χ1) is 6.06. The van der Waals surface area contributed by atoms with Gasteiger partial charge in [-0.1, -0.05) is 6.08 Å². The summed E-state index contributed by atoms with van der Waals surface area (Å²) in [6, 6.07) is 1.39. The third-order valence-electron chi connectivity index (χ3n) is 1.60. The van der Waals surface area contributed by atoms with E-state index in [1.807, 2.05) is 0 Å². The largest absolute Gasteiger partial charge is 0.505 e. The lowest BCUT2D eigenvalue weighted by Crippen LogP contribution is -1.96. The van der Waals surface area contributed by atoms with Crippen LogP contribution in [0.25, 0.3) is 0 Å². The highest BCUT2D eigenvalue weighted by molar-refractivity contribution is 5.37. The predicted octanol–water partition coefficient (Wildman–Crippen LogP) is 1.89. The monoisotopic (exact) mass is 186 g/mol. The van der Waals surface area contributed by atoms with Gasteiger partial charge in [0.2, 0.25) is 0 Å². The van der Waals surface area contributed by atoms with E-state index in [2.05, 4.69) is 6.58 Å². The number of halogens is 2. The normalized spacial score (nSPS) is 12.5. The molecule has 0 aliphatic heterocycles. The highest BCUT2D eigenvalue weighted by Crippen LogP contribution is 2.28. The van der Waals surface area contributed by atoms with Crippen molar-refractivity contribution in [2.45, 2.75) is 6.10 Å². The fourth-order valence-electron chi connectivity index (χ4n) is 0.938. The minimum absolute atomic E-state index is 0.229. The molecule has 0 heterocycles. The third-order valence-corrected chi connectivity index (χ3v) is 1.60. The fraction of sp³-hybridized carbons (Fsp3) is 0.111. The molecule has 1 atom stereocenters. The van der Waals surface area contributed by atoms with E-state index in [0.717, 1.165) is 12.1 Å². The number of benzene rings is 1. The SMILES string of the molecule is C=CC(O)c1cc(F)cc(F)c1O. The van der Waals surface area contributed by atoms with E-state index >= 15 is 0 Å². The Morgan fingerprint density at radius 3 is 2.54 bits per heavy atom. The predicted molar refractivity (Wildman–Crippen MR) is 43.2 cm³/mol. The van der Waals surface area contributed by atoms with Crippen LogP contribution in [-0.4, -0.2) is 10.2 Å². The molecule has 0 aliphatic carbocycles. The average Bonchev–Trinajstić information content (AvgIpc) is 2.10. The Hall–Kier alpha value is -1.42. The third kappa shape index (κ3) is 1.84. The van der Waals surface area contributed by atoms with Gasteiger partial charge in [-0.05, 0) is 6.07 Å². The molecule has 0 radical (unpaired) electrons. The zero-order chi connectivity index (χ0) is 10.0. The van der Waals surface area contributed by atoms with Crippen LogP contribution in [-0.2, 0) is 0 Å². The number of rotatable bonds is 2. The van der Waals surface area contributed by atoms with Gasteiger partial charge in [0.1, 0.15) is 11.9 Å². The van der Waals surface area contributed by atoms with E-state index in [-0.39, 0.29) is 5.56 Å². The summed E-state index contributed by atoms with van der Waals surface area (Å²) in [5.41, 5.74) is -0.229. The van der Waals surface area contributed by atoms with E-state index in [1.54, 1.807) is 0 Å². The molecule has 0 amide bonds. The number of aliphatic hydroxyl groups is 1. The summed E-state index contributed by atoms with van der Waals surface area (Å²) in [5.74, 6) is -2.71. The highest BCUT2D eigenvalue weighted by atomic mass is 19.1. The van der Waals surface area contributed by atoms with Gasteiger partial charge in [-0.3, -0.25) is 0 Å². The summed E-state index contributed by atoms with van der Waals surface area (Å²) in [5, 5.41) is 18.2. The van der Waals surface area contributed by atoms with Gasteiger partial charge < -0.3 is 10.2 Å². The first kappa shape index (κ1) is 9.67. The second-order valence-corrected chi connectivity index (χ2v) is 2.51. The van der Waals surface area contributed by atoms with Crippen molar-refractivity contribution in [3.05, 3.63) is 42.0 Å². The Kier molecular flexibility index (Phi) is 2.63. The van der Waals surface area contributed by atoms with Crippen molar-refractivity contribution >= 4 is 0 Å². The smallest absolute Gasteiger partial charge is 0.168 e. The summed E-state index contributed by atoms with van der Waals surface area (Å²) in [7, 11) is 0. The van der Waals surface area contributed by atoms with Gasteiger partial charge in [0.15, 0.2) is 11.6 Å². The van der Waals surface area contributed by atoms with Crippen LogP contribution in [0, 0.1) is 11.6 Å². The van der Waals surface area contributed by atoms with Crippen molar-refractivity contribution in [2.24, 2.45) is 0 Å². The van der Waals surface area contributed by atoms with Crippen LogP contribution in [0.15, 0.2) is 24.8 Å². The van der Waals surface area contributed by atoms with Crippen LogP contribution in [0.1, 0.15) is 11.7 Å². The molecule has 2 N–H and O–H groups in total. The van der Waals surface area contributed by atoms with Crippen LogP contribution in [0.4, 0.5) is 8.78 Å². The minimum atomic E-state index is -1.27. The molecule has 13 heavy (non-hydrogen) atoms. The van der Waals surface area contributed by atoms with Crippen LogP contribution in [0.5, 0.6) is 5.75 Å². The molecule has 1 rings (SSSR count). The number of aliphatic hydroxyl groups excluding tert-OH is 1. The van der Waals surface area contributed by atoms with Crippen LogP contribution in [0.3, 0.4) is 0 Å². The van der Waals surface area contributed by atoms with Crippen molar-refractivity contribution in [1.29, 1.82) is 0 Å². The molecule has 1 aromatic carbocycles. The van der Waals surface area contributed by atoms with Gasteiger partial charge in [0.05, 0.1) is 0 Å². The number of aromatic hydroxyl groups is 1. The molecule has 70 valence electrons. The van der Waals surface area contributed by atoms with Crippen molar-refractivity contribution in [3.8, 4) is 5.75 Å². The lowest BCUT2D eigenvalue weighted by Gasteiger charge is -2.08. The lowest BCUT2D eigenvalue weighted by molar-refractivity contribution is 0.222. The molecule has 1 aromatic rings. The van der Waals surface area contributed by atoms with E-state index < -0.39 is 23.5 Å². The standard InChI is InChI=1S/C9H8F2O2/c1-2-8(12)6-3-5(10)4-7(11)9(6)13/h2-4,8,12-13H,1H2. The van der Waals surface area contributed by atoms with E-state index in [9.17, 15) is 8.78 Å². The van der Waals surface area contributed by atoms with Crippen LogP contribution in [0.2, 0.25) is 0 Å². The fourth-order valence-corrected chi connectivity index (χ4v) is 0.938. The molecule has 0 bridgehead atoms. The summed E-state index contributed by atoms with van der Waals surface area (Å²) in [4.78, 5) is 0. The molecular formula is C9H8F2O2. The van der Waals surface area contributed by atoms with Gasteiger partial charge in [-0.15, -0.1) is 6.58 Å². The van der Waals surface area contributed by atoms with Crippen LogP contribution < -0.4 is 0 Å². The molecule has 1 unspecified atom stereocenters. The Labute approximate surface area is 73.8 Å². The van der Waals surface area contributed by atoms with E-state index in [4.69, 9.17) is 10.2 Å². The maximum absolute atomic E-state index is 12.7. The first-order valence-electron chi connectivity index (χ1n) is 3.54. The number of hydrogen-bond acceptors (Lipinski definition) is 2. The molecule has 0 saturated carbocycles. The molecule has 0 aliphatic rings.